The number of hydrogen-bond acceptors (Lipinski definition) is 2. The van der Waals surface area contributed by atoms with Crippen LogP contribution >= 0.6 is 0 Å². The molecule has 0 heterocycles. The topological polar surface area (TPSA) is 32.6 Å². The van der Waals surface area contributed by atoms with Crippen LogP contribution in [0.2, 0.25) is 0 Å². The lowest BCUT2D eigenvalue weighted by Gasteiger charge is -1.99. The molecule has 0 radical (unpaired) electrons. The van der Waals surface area contributed by atoms with Crippen LogP contribution in [0.4, 0.5) is 0 Å². The molecule has 0 rings (SSSR count). The molecule has 0 aliphatic rings. The Hall–Kier alpha value is -0.370. The predicted molar refractivity (Wildman–Crippen MR) is 35.3 cm³/mol. The smallest absolute Gasteiger partial charge is 0.0701 e. The fourth-order valence-electron chi connectivity index (χ4n) is 0.482. The third kappa shape index (κ3) is 3.81. The molecule has 0 bridgehead atoms. The summed E-state index contributed by atoms with van der Waals surface area (Å²) in [4.78, 5) is 4.06. The van der Waals surface area contributed by atoms with Crippen LogP contribution in [0.5, 0.6) is 0 Å². The molecular weight excluding hydrogens is 102 g/mol. The number of hydrogen-bond donors (Lipinski definition) is 1. The maximum atomic E-state index is 8.48. The Kier molecular flexibility index (Phi) is 3.44. The van der Waals surface area contributed by atoms with E-state index in [9.17, 15) is 0 Å². The van der Waals surface area contributed by atoms with E-state index in [2.05, 4.69) is 4.99 Å². The molecule has 0 aromatic heterocycles. The first-order valence-electron chi connectivity index (χ1n) is 2.78. The van der Waals surface area contributed by atoms with Crippen LogP contribution in [-0.2, 0) is 0 Å². The van der Waals surface area contributed by atoms with Gasteiger partial charge in [0.1, 0.15) is 0 Å². The molecule has 1 atom stereocenters. The summed E-state index contributed by atoms with van der Waals surface area (Å²) in [6.07, 6.45) is 0. The lowest BCUT2D eigenvalue weighted by atomic mass is 10.3. The van der Waals surface area contributed by atoms with Crippen molar-refractivity contribution in [3.8, 4) is 0 Å². The monoisotopic (exact) mass is 115 g/mol. The number of nitrogens with zero attached hydrogens (tertiary/aromatic N) is 1. The van der Waals surface area contributed by atoms with Gasteiger partial charge in [-0.25, -0.2) is 0 Å². The maximum absolute atomic E-state index is 8.48. The van der Waals surface area contributed by atoms with E-state index in [-0.39, 0.29) is 12.6 Å². The van der Waals surface area contributed by atoms with Crippen molar-refractivity contribution in [3.63, 3.8) is 0 Å². The van der Waals surface area contributed by atoms with Crippen LogP contribution in [0, 0.1) is 0 Å². The van der Waals surface area contributed by atoms with Gasteiger partial charge in [-0.3, -0.25) is 4.99 Å². The first-order chi connectivity index (χ1) is 3.66. The molecule has 8 heavy (non-hydrogen) atoms. The predicted octanol–water partition coefficient (Wildman–Crippen LogP) is 0.848. The molecule has 0 aromatic rings. The lowest BCUT2D eigenvalue weighted by molar-refractivity contribution is 0.274. The Morgan fingerprint density at radius 3 is 2.25 bits per heavy atom. The molecule has 0 spiro atoms. The number of rotatable bonds is 2. The van der Waals surface area contributed by atoms with Crippen molar-refractivity contribution < 1.29 is 5.11 Å². The molecule has 0 aliphatic carbocycles. The molecule has 0 saturated heterocycles. The molecule has 48 valence electrons. The Bertz CT molecular complexity index is 84.5. The van der Waals surface area contributed by atoms with E-state index in [1.165, 1.54) is 0 Å². The van der Waals surface area contributed by atoms with Crippen LogP contribution in [0.25, 0.3) is 0 Å². The highest BCUT2D eigenvalue weighted by atomic mass is 16.3. The number of aliphatic hydroxyl groups excluding tert-OH is 1. The SMILES string of the molecule is CC(C)=N[C@@H](C)CO. The van der Waals surface area contributed by atoms with E-state index in [1.54, 1.807) is 0 Å². The summed E-state index contributed by atoms with van der Waals surface area (Å²) in [5.41, 5.74) is 1.02. The summed E-state index contributed by atoms with van der Waals surface area (Å²) in [7, 11) is 0. The molecule has 0 unspecified atom stereocenters. The Morgan fingerprint density at radius 1 is 1.62 bits per heavy atom. The summed E-state index contributed by atoms with van der Waals surface area (Å²) in [6.45, 7) is 5.87. The average Bonchev–Trinajstić information content (AvgIpc) is 1.65. The second kappa shape index (κ2) is 3.61. The molecule has 2 nitrogen and oxygen atoms in total. The highest BCUT2D eigenvalue weighted by Crippen LogP contribution is 1.87. The third-order valence-electron chi connectivity index (χ3n) is 0.743. The second-order valence-electron chi connectivity index (χ2n) is 2.11. The van der Waals surface area contributed by atoms with Gasteiger partial charge in [0.25, 0.3) is 0 Å². The number of aliphatic hydroxyl groups is 1. The van der Waals surface area contributed by atoms with Gasteiger partial charge >= 0.3 is 0 Å². The first-order valence-corrected chi connectivity index (χ1v) is 2.78. The van der Waals surface area contributed by atoms with Crippen LogP contribution in [0.1, 0.15) is 20.8 Å². The van der Waals surface area contributed by atoms with E-state index >= 15 is 0 Å². The van der Waals surface area contributed by atoms with Crippen molar-refractivity contribution in [3.05, 3.63) is 0 Å². The normalized spacial score (nSPS) is 13.0. The Labute approximate surface area is 50.3 Å². The summed E-state index contributed by atoms with van der Waals surface area (Å²) in [6, 6.07) is 0.0694. The van der Waals surface area contributed by atoms with Gasteiger partial charge in [-0.2, -0.15) is 0 Å². The largest absolute Gasteiger partial charge is 0.394 e. The molecule has 0 aliphatic heterocycles. The van der Waals surface area contributed by atoms with Crippen LogP contribution < -0.4 is 0 Å². The minimum absolute atomic E-state index is 0.0694. The van der Waals surface area contributed by atoms with E-state index in [0.717, 1.165) is 5.71 Å². The fraction of sp³-hybridized carbons (Fsp3) is 0.833. The van der Waals surface area contributed by atoms with E-state index in [1.807, 2.05) is 20.8 Å². The fourth-order valence-corrected chi connectivity index (χ4v) is 0.482. The summed E-state index contributed by atoms with van der Waals surface area (Å²) in [5.74, 6) is 0. The third-order valence-corrected chi connectivity index (χ3v) is 0.743. The van der Waals surface area contributed by atoms with Gasteiger partial charge in [0.15, 0.2) is 0 Å². The van der Waals surface area contributed by atoms with Crippen molar-refractivity contribution >= 4 is 5.71 Å². The van der Waals surface area contributed by atoms with E-state index < -0.39 is 0 Å². The van der Waals surface area contributed by atoms with Gasteiger partial charge in [0.2, 0.25) is 0 Å². The van der Waals surface area contributed by atoms with Crippen molar-refractivity contribution in [1.29, 1.82) is 0 Å². The van der Waals surface area contributed by atoms with Gasteiger partial charge in [-0.15, -0.1) is 0 Å². The Balaban J connectivity index is 3.51. The lowest BCUT2D eigenvalue weighted by Crippen LogP contribution is -2.05. The molecule has 0 fully saturated rings. The van der Waals surface area contributed by atoms with E-state index in [0.29, 0.717) is 0 Å². The average molecular weight is 115 g/mol. The van der Waals surface area contributed by atoms with Gasteiger partial charge in [-0.05, 0) is 20.8 Å². The second-order valence-corrected chi connectivity index (χ2v) is 2.11. The zero-order chi connectivity index (χ0) is 6.57. The summed E-state index contributed by atoms with van der Waals surface area (Å²) >= 11 is 0. The zero-order valence-electron chi connectivity index (χ0n) is 5.68. The Morgan fingerprint density at radius 2 is 2.12 bits per heavy atom. The first kappa shape index (κ1) is 7.63. The standard InChI is InChI=1S/C6H13NO/c1-5(2)7-6(3)4-8/h6,8H,4H2,1-3H3/t6-/m0/s1. The van der Waals surface area contributed by atoms with Crippen molar-refractivity contribution in [2.24, 2.45) is 4.99 Å². The minimum Gasteiger partial charge on any atom is -0.394 e. The summed E-state index contributed by atoms with van der Waals surface area (Å²) in [5, 5.41) is 8.48. The van der Waals surface area contributed by atoms with Crippen LogP contribution in [-0.4, -0.2) is 23.5 Å². The molecular formula is C6H13NO. The highest BCUT2D eigenvalue weighted by molar-refractivity contribution is 5.79. The van der Waals surface area contributed by atoms with Crippen LogP contribution in [0.15, 0.2) is 4.99 Å². The van der Waals surface area contributed by atoms with Crippen molar-refractivity contribution in [1.82, 2.24) is 0 Å². The molecule has 1 N–H and O–H groups in total. The maximum Gasteiger partial charge on any atom is 0.0701 e. The van der Waals surface area contributed by atoms with Gasteiger partial charge < -0.3 is 5.11 Å². The molecule has 0 amide bonds. The van der Waals surface area contributed by atoms with E-state index in [4.69, 9.17) is 5.11 Å². The number of aliphatic imine (C=N–C) groups is 1. The van der Waals surface area contributed by atoms with Crippen molar-refractivity contribution in [2.45, 2.75) is 26.8 Å². The molecule has 2 heteroatoms. The van der Waals surface area contributed by atoms with Gasteiger partial charge in [-0.1, -0.05) is 0 Å². The minimum atomic E-state index is 0.0694. The zero-order valence-corrected chi connectivity index (χ0v) is 5.68. The summed E-state index contributed by atoms with van der Waals surface area (Å²) < 4.78 is 0. The highest BCUT2D eigenvalue weighted by Gasteiger charge is 1.91. The quantitative estimate of drug-likeness (QED) is 0.531. The van der Waals surface area contributed by atoms with Gasteiger partial charge in [0, 0.05) is 5.71 Å². The van der Waals surface area contributed by atoms with Gasteiger partial charge in [0.05, 0.1) is 12.6 Å². The molecule has 0 aromatic carbocycles. The van der Waals surface area contributed by atoms with Crippen molar-refractivity contribution in [2.75, 3.05) is 6.61 Å². The molecule has 0 saturated carbocycles. The van der Waals surface area contributed by atoms with Crippen LogP contribution in [0.3, 0.4) is 0 Å².